The van der Waals surface area contributed by atoms with Gasteiger partial charge in [0.05, 0.1) is 0 Å². The van der Waals surface area contributed by atoms with Gasteiger partial charge in [0.15, 0.2) is 6.61 Å². The summed E-state index contributed by atoms with van der Waals surface area (Å²) in [4.78, 5) is 23.2. The molecule has 2 aromatic carbocycles. The van der Waals surface area contributed by atoms with Gasteiger partial charge in [0.1, 0.15) is 11.3 Å². The number of ether oxygens (including phenoxy) is 1. The predicted molar refractivity (Wildman–Crippen MR) is 95.7 cm³/mol. The van der Waals surface area contributed by atoms with Crippen LogP contribution >= 0.6 is 0 Å². The number of nitrogens with one attached hydrogen (secondary N) is 1. The highest BCUT2D eigenvalue weighted by atomic mass is 16.5. The molecule has 5 nitrogen and oxygen atoms in total. The van der Waals surface area contributed by atoms with Gasteiger partial charge in [-0.05, 0) is 43.2 Å². The van der Waals surface area contributed by atoms with Gasteiger partial charge in [-0.1, -0.05) is 23.8 Å². The van der Waals surface area contributed by atoms with Crippen LogP contribution in [-0.4, -0.2) is 12.5 Å². The largest absolute Gasteiger partial charge is 0.484 e. The average molecular weight is 337 g/mol. The number of fused-ring (bicyclic) bond motifs is 1. The number of hydrogen-bond donors (Lipinski definition) is 1. The molecule has 128 valence electrons. The molecule has 0 aliphatic rings. The van der Waals surface area contributed by atoms with Crippen LogP contribution in [0.1, 0.15) is 16.7 Å². The summed E-state index contributed by atoms with van der Waals surface area (Å²) in [5.74, 6) is 0.262. The van der Waals surface area contributed by atoms with Crippen molar-refractivity contribution in [2.45, 2.75) is 20.4 Å². The highest BCUT2D eigenvalue weighted by Crippen LogP contribution is 2.19. The van der Waals surface area contributed by atoms with Gasteiger partial charge in [0.2, 0.25) is 0 Å². The van der Waals surface area contributed by atoms with E-state index in [0.717, 1.165) is 16.5 Å². The van der Waals surface area contributed by atoms with Gasteiger partial charge in [-0.15, -0.1) is 0 Å². The molecule has 5 heteroatoms. The zero-order valence-electron chi connectivity index (χ0n) is 14.2. The minimum Gasteiger partial charge on any atom is -0.484 e. The molecule has 0 aliphatic heterocycles. The lowest BCUT2D eigenvalue weighted by Gasteiger charge is -2.10. The number of rotatable bonds is 5. The molecule has 0 saturated carbocycles. The fourth-order valence-corrected chi connectivity index (χ4v) is 2.57. The molecule has 0 atom stereocenters. The Labute approximate surface area is 145 Å². The van der Waals surface area contributed by atoms with Gasteiger partial charge in [-0.25, -0.2) is 4.79 Å². The topological polar surface area (TPSA) is 68.5 Å². The van der Waals surface area contributed by atoms with E-state index >= 15 is 0 Å². The summed E-state index contributed by atoms with van der Waals surface area (Å²) in [6.07, 6.45) is 0. The molecule has 0 spiro atoms. The van der Waals surface area contributed by atoms with Crippen LogP contribution < -0.4 is 15.7 Å². The van der Waals surface area contributed by atoms with E-state index in [1.807, 2.05) is 26.0 Å². The smallest absolute Gasteiger partial charge is 0.336 e. The Balaban J connectivity index is 1.57. The van der Waals surface area contributed by atoms with E-state index in [4.69, 9.17) is 9.15 Å². The lowest BCUT2D eigenvalue weighted by molar-refractivity contribution is -0.123. The van der Waals surface area contributed by atoms with E-state index in [9.17, 15) is 9.59 Å². The maximum atomic E-state index is 12.0. The quantitative estimate of drug-likeness (QED) is 0.727. The monoisotopic (exact) mass is 337 g/mol. The predicted octanol–water partition coefficient (Wildman–Crippen LogP) is 3.11. The standard InChI is InChI=1S/C20H19NO4/c1-13-3-4-16(14(2)9-13)11-21-19(22)12-24-17-7-5-15-6-8-20(23)25-18(15)10-17/h3-10H,11-12H2,1-2H3,(H,21,22). The fourth-order valence-electron chi connectivity index (χ4n) is 2.57. The molecule has 0 radical (unpaired) electrons. The molecule has 0 aliphatic carbocycles. The maximum absolute atomic E-state index is 12.0. The zero-order valence-corrected chi connectivity index (χ0v) is 14.2. The molecular formula is C20H19NO4. The normalized spacial score (nSPS) is 10.6. The van der Waals surface area contributed by atoms with E-state index in [1.165, 1.54) is 11.6 Å². The molecular weight excluding hydrogens is 318 g/mol. The van der Waals surface area contributed by atoms with Crippen molar-refractivity contribution >= 4 is 16.9 Å². The third-order valence-electron chi connectivity index (χ3n) is 3.94. The molecule has 0 bridgehead atoms. The first-order valence-electron chi connectivity index (χ1n) is 8.01. The number of carbonyl (C=O) groups is 1. The van der Waals surface area contributed by atoms with Crippen molar-refractivity contribution in [3.05, 3.63) is 75.6 Å². The van der Waals surface area contributed by atoms with Crippen molar-refractivity contribution in [3.8, 4) is 5.75 Å². The van der Waals surface area contributed by atoms with E-state index in [0.29, 0.717) is 17.9 Å². The first kappa shape index (κ1) is 16.8. The highest BCUT2D eigenvalue weighted by molar-refractivity contribution is 5.79. The Morgan fingerprint density at radius 2 is 1.88 bits per heavy atom. The number of aryl methyl sites for hydroxylation is 2. The number of benzene rings is 2. The summed E-state index contributed by atoms with van der Waals surface area (Å²) in [6, 6.07) is 14.3. The summed E-state index contributed by atoms with van der Waals surface area (Å²) in [5.41, 5.74) is 3.42. The molecule has 1 amide bonds. The highest BCUT2D eigenvalue weighted by Gasteiger charge is 2.06. The third kappa shape index (κ3) is 4.26. The Morgan fingerprint density at radius 1 is 1.08 bits per heavy atom. The lowest BCUT2D eigenvalue weighted by Crippen LogP contribution is -2.28. The van der Waals surface area contributed by atoms with Gasteiger partial charge >= 0.3 is 5.63 Å². The summed E-state index contributed by atoms with van der Waals surface area (Å²) in [6.45, 7) is 4.41. The van der Waals surface area contributed by atoms with Crippen LogP contribution in [0.5, 0.6) is 5.75 Å². The van der Waals surface area contributed by atoms with Gasteiger partial charge in [-0.2, -0.15) is 0 Å². The number of hydrogen-bond acceptors (Lipinski definition) is 4. The van der Waals surface area contributed by atoms with Crippen LogP contribution in [0.3, 0.4) is 0 Å². The second-order valence-corrected chi connectivity index (χ2v) is 5.95. The molecule has 3 aromatic rings. The van der Waals surface area contributed by atoms with Crippen molar-refractivity contribution in [1.29, 1.82) is 0 Å². The Bertz CT molecular complexity index is 975. The van der Waals surface area contributed by atoms with Gasteiger partial charge in [0.25, 0.3) is 5.91 Å². The van der Waals surface area contributed by atoms with Crippen molar-refractivity contribution < 1.29 is 13.9 Å². The summed E-state index contributed by atoms with van der Waals surface area (Å²) in [7, 11) is 0. The Hall–Kier alpha value is -3.08. The second-order valence-electron chi connectivity index (χ2n) is 5.95. The summed E-state index contributed by atoms with van der Waals surface area (Å²) < 4.78 is 10.6. The number of carbonyl (C=O) groups excluding carboxylic acids is 1. The maximum Gasteiger partial charge on any atom is 0.336 e. The van der Waals surface area contributed by atoms with Crippen molar-refractivity contribution in [1.82, 2.24) is 5.32 Å². The van der Waals surface area contributed by atoms with Crippen LogP contribution in [-0.2, 0) is 11.3 Å². The Kier molecular flexibility index (Phi) is 4.84. The second kappa shape index (κ2) is 7.21. The van der Waals surface area contributed by atoms with E-state index < -0.39 is 5.63 Å². The molecule has 0 saturated heterocycles. The molecule has 1 aromatic heterocycles. The minimum atomic E-state index is -0.420. The van der Waals surface area contributed by atoms with Crippen LogP contribution in [0, 0.1) is 13.8 Å². The van der Waals surface area contributed by atoms with Gasteiger partial charge in [0, 0.05) is 24.1 Å². The molecule has 25 heavy (non-hydrogen) atoms. The first-order chi connectivity index (χ1) is 12.0. The molecule has 0 unspecified atom stereocenters. The van der Waals surface area contributed by atoms with Crippen molar-refractivity contribution in [2.24, 2.45) is 0 Å². The Morgan fingerprint density at radius 3 is 2.68 bits per heavy atom. The third-order valence-corrected chi connectivity index (χ3v) is 3.94. The first-order valence-corrected chi connectivity index (χ1v) is 8.01. The fraction of sp³-hybridized carbons (Fsp3) is 0.200. The summed E-state index contributed by atoms with van der Waals surface area (Å²) in [5, 5.41) is 3.64. The summed E-state index contributed by atoms with van der Waals surface area (Å²) >= 11 is 0. The molecule has 3 rings (SSSR count). The minimum absolute atomic E-state index is 0.104. The lowest BCUT2D eigenvalue weighted by atomic mass is 10.1. The van der Waals surface area contributed by atoms with Crippen LogP contribution in [0.2, 0.25) is 0 Å². The molecule has 1 heterocycles. The molecule has 1 N–H and O–H groups in total. The van der Waals surface area contributed by atoms with Gasteiger partial charge < -0.3 is 14.5 Å². The van der Waals surface area contributed by atoms with Gasteiger partial charge in [-0.3, -0.25) is 4.79 Å². The van der Waals surface area contributed by atoms with Crippen LogP contribution in [0.25, 0.3) is 11.0 Å². The van der Waals surface area contributed by atoms with E-state index in [-0.39, 0.29) is 12.5 Å². The van der Waals surface area contributed by atoms with E-state index in [1.54, 1.807) is 24.3 Å². The van der Waals surface area contributed by atoms with Crippen LogP contribution in [0.15, 0.2) is 57.7 Å². The molecule has 0 fully saturated rings. The van der Waals surface area contributed by atoms with Crippen molar-refractivity contribution in [3.63, 3.8) is 0 Å². The van der Waals surface area contributed by atoms with E-state index in [2.05, 4.69) is 11.4 Å². The van der Waals surface area contributed by atoms with Crippen molar-refractivity contribution in [2.75, 3.05) is 6.61 Å². The average Bonchev–Trinajstić information content (AvgIpc) is 2.58. The number of amides is 1. The SMILES string of the molecule is Cc1ccc(CNC(=O)COc2ccc3ccc(=O)oc3c2)c(C)c1. The zero-order chi connectivity index (χ0) is 17.8. The van der Waals surface area contributed by atoms with Crippen LogP contribution in [0.4, 0.5) is 0 Å².